The molecule has 0 radical (unpaired) electrons. The van der Waals surface area contributed by atoms with Crippen molar-refractivity contribution in [3.8, 4) is 0 Å². The predicted molar refractivity (Wildman–Crippen MR) is 111 cm³/mol. The molecule has 0 aromatic heterocycles. The summed E-state index contributed by atoms with van der Waals surface area (Å²) >= 11 is 3.40. The summed E-state index contributed by atoms with van der Waals surface area (Å²) in [5.41, 5.74) is 4.49. The Morgan fingerprint density at radius 2 is 1.78 bits per heavy atom. The predicted octanol–water partition coefficient (Wildman–Crippen LogP) is 4.95. The molecule has 0 saturated carbocycles. The number of rotatable bonds is 2. The Labute approximate surface area is 167 Å². The Morgan fingerprint density at radius 1 is 1.07 bits per heavy atom. The smallest absolute Gasteiger partial charge is 0.363 e. The van der Waals surface area contributed by atoms with Gasteiger partial charge >= 0.3 is 5.97 Å². The van der Waals surface area contributed by atoms with Gasteiger partial charge in [-0.2, -0.15) is 0 Å². The van der Waals surface area contributed by atoms with Crippen molar-refractivity contribution in [3.05, 3.63) is 87.7 Å². The molecule has 0 spiro atoms. The van der Waals surface area contributed by atoms with E-state index in [1.807, 2.05) is 43.5 Å². The van der Waals surface area contributed by atoms with Gasteiger partial charge in [-0.1, -0.05) is 48.0 Å². The van der Waals surface area contributed by atoms with E-state index in [9.17, 15) is 4.79 Å². The lowest BCUT2D eigenvalue weighted by Gasteiger charge is -2.23. The van der Waals surface area contributed by atoms with Crippen LogP contribution in [0.3, 0.4) is 0 Å². The van der Waals surface area contributed by atoms with Crippen LogP contribution in [-0.2, 0) is 14.9 Å². The molecule has 0 bridgehead atoms. The number of carbonyl (C=O) groups excluding carboxylic acids is 1. The maximum Gasteiger partial charge on any atom is 0.363 e. The van der Waals surface area contributed by atoms with E-state index in [1.165, 1.54) is 11.3 Å². The van der Waals surface area contributed by atoms with Crippen LogP contribution in [0.4, 0.5) is 5.69 Å². The van der Waals surface area contributed by atoms with Crippen molar-refractivity contribution in [3.63, 3.8) is 0 Å². The zero-order valence-corrected chi connectivity index (χ0v) is 16.9. The van der Waals surface area contributed by atoms with E-state index in [2.05, 4.69) is 57.9 Å². The van der Waals surface area contributed by atoms with Crippen LogP contribution in [0.2, 0.25) is 0 Å². The van der Waals surface area contributed by atoms with Crippen molar-refractivity contribution < 1.29 is 9.53 Å². The summed E-state index contributed by atoms with van der Waals surface area (Å²) in [6.45, 7) is 4.37. The Hall–Kier alpha value is -2.66. The van der Waals surface area contributed by atoms with E-state index >= 15 is 0 Å². The topological polar surface area (TPSA) is 41.9 Å². The van der Waals surface area contributed by atoms with Gasteiger partial charge < -0.3 is 9.64 Å². The standard InChI is InChI=1S/C22H19BrN2O2/c1-22(2)16-6-4-5-7-18(16)25(3)19(22)13-12-17-21(26)27-20(24-17)14-8-10-15(23)11-9-14/h4-13H,1-3H3/b17-12+,19-13-. The molecule has 0 aliphatic carbocycles. The van der Waals surface area contributed by atoms with E-state index < -0.39 is 5.97 Å². The number of carbonyl (C=O) groups is 1. The number of hydrogen-bond donors (Lipinski definition) is 0. The number of halogens is 1. The fraction of sp³-hybridized carbons (Fsp3) is 0.182. The molecule has 2 aromatic rings. The minimum atomic E-state index is -0.430. The summed E-state index contributed by atoms with van der Waals surface area (Å²) in [6, 6.07) is 15.9. The van der Waals surface area contributed by atoms with Crippen molar-refractivity contribution in [1.82, 2.24) is 0 Å². The first kappa shape index (κ1) is 17.7. The molecule has 136 valence electrons. The molecule has 4 rings (SSSR count). The Balaban J connectivity index is 1.68. The molecular formula is C22H19BrN2O2. The van der Waals surface area contributed by atoms with Gasteiger partial charge in [0.25, 0.3) is 0 Å². The van der Waals surface area contributed by atoms with E-state index in [-0.39, 0.29) is 5.41 Å². The lowest BCUT2D eigenvalue weighted by molar-refractivity contribution is -0.130. The molecule has 2 aromatic carbocycles. The zero-order valence-electron chi connectivity index (χ0n) is 15.4. The van der Waals surface area contributed by atoms with E-state index in [0.29, 0.717) is 11.6 Å². The van der Waals surface area contributed by atoms with Crippen LogP contribution in [0.25, 0.3) is 0 Å². The van der Waals surface area contributed by atoms with Gasteiger partial charge in [-0.05, 0) is 48.0 Å². The fourth-order valence-corrected chi connectivity index (χ4v) is 3.86. The van der Waals surface area contributed by atoms with Gasteiger partial charge in [0.1, 0.15) is 0 Å². The number of allylic oxidation sites excluding steroid dienone is 3. The Bertz CT molecular complexity index is 1020. The van der Waals surface area contributed by atoms with Crippen molar-refractivity contribution in [1.29, 1.82) is 0 Å². The van der Waals surface area contributed by atoms with Crippen LogP contribution in [0.5, 0.6) is 0 Å². The first-order valence-electron chi connectivity index (χ1n) is 8.70. The number of esters is 1. The normalized spacial score (nSPS) is 20.8. The average Bonchev–Trinajstić information content (AvgIpc) is 3.11. The number of aliphatic imine (C=N–C) groups is 1. The molecular weight excluding hydrogens is 404 g/mol. The van der Waals surface area contributed by atoms with E-state index in [4.69, 9.17) is 4.74 Å². The summed E-state index contributed by atoms with van der Waals surface area (Å²) in [5.74, 6) is -0.0970. The first-order chi connectivity index (χ1) is 12.9. The monoisotopic (exact) mass is 422 g/mol. The number of para-hydroxylation sites is 1. The molecule has 5 heteroatoms. The van der Waals surface area contributed by atoms with Crippen molar-refractivity contribution in [2.45, 2.75) is 19.3 Å². The number of benzene rings is 2. The van der Waals surface area contributed by atoms with Gasteiger partial charge in [0.2, 0.25) is 5.90 Å². The van der Waals surface area contributed by atoms with Gasteiger partial charge in [0, 0.05) is 33.9 Å². The zero-order chi connectivity index (χ0) is 19.2. The highest BCUT2D eigenvalue weighted by atomic mass is 79.9. The molecule has 0 fully saturated rings. The number of nitrogens with zero attached hydrogens (tertiary/aromatic N) is 2. The third kappa shape index (κ3) is 3.02. The van der Waals surface area contributed by atoms with Gasteiger partial charge in [-0.25, -0.2) is 9.79 Å². The Morgan fingerprint density at radius 3 is 2.48 bits per heavy atom. The van der Waals surface area contributed by atoms with Gasteiger partial charge in [0.05, 0.1) is 0 Å². The number of anilines is 1. The number of likely N-dealkylation sites (N-methyl/N-ethyl adjacent to an activating group) is 1. The van der Waals surface area contributed by atoms with Crippen LogP contribution in [0.1, 0.15) is 25.0 Å². The molecule has 4 nitrogen and oxygen atoms in total. The summed E-state index contributed by atoms with van der Waals surface area (Å²) in [5, 5.41) is 0. The van der Waals surface area contributed by atoms with E-state index in [0.717, 1.165) is 15.7 Å². The molecule has 0 saturated heterocycles. The van der Waals surface area contributed by atoms with Gasteiger partial charge in [-0.15, -0.1) is 0 Å². The summed E-state index contributed by atoms with van der Waals surface area (Å²) < 4.78 is 6.30. The van der Waals surface area contributed by atoms with Crippen molar-refractivity contribution in [2.24, 2.45) is 4.99 Å². The van der Waals surface area contributed by atoms with Crippen molar-refractivity contribution in [2.75, 3.05) is 11.9 Å². The summed E-state index contributed by atoms with van der Waals surface area (Å²) in [7, 11) is 2.04. The average molecular weight is 423 g/mol. The number of ether oxygens (including phenoxy) is 1. The molecule has 2 aliphatic rings. The molecule has 0 atom stereocenters. The molecule has 2 aliphatic heterocycles. The van der Waals surface area contributed by atoms with E-state index in [1.54, 1.807) is 6.08 Å². The minimum absolute atomic E-state index is 0.150. The van der Waals surface area contributed by atoms with Gasteiger partial charge in [-0.3, -0.25) is 0 Å². The number of fused-ring (bicyclic) bond motifs is 1. The van der Waals surface area contributed by atoms with Crippen LogP contribution < -0.4 is 4.90 Å². The third-order valence-electron chi connectivity index (χ3n) is 5.05. The lowest BCUT2D eigenvalue weighted by atomic mass is 9.84. The van der Waals surface area contributed by atoms with Crippen LogP contribution in [0.15, 0.2) is 81.5 Å². The van der Waals surface area contributed by atoms with Crippen LogP contribution >= 0.6 is 15.9 Å². The highest BCUT2D eigenvalue weighted by molar-refractivity contribution is 9.10. The highest BCUT2D eigenvalue weighted by Crippen LogP contribution is 2.46. The molecule has 2 heterocycles. The number of cyclic esters (lactones) is 1. The van der Waals surface area contributed by atoms with Crippen LogP contribution in [0, 0.1) is 0 Å². The van der Waals surface area contributed by atoms with Crippen molar-refractivity contribution >= 4 is 33.5 Å². The van der Waals surface area contributed by atoms with Gasteiger partial charge in [0.15, 0.2) is 5.70 Å². The lowest BCUT2D eigenvalue weighted by Crippen LogP contribution is -2.22. The maximum absolute atomic E-state index is 12.2. The largest absolute Gasteiger partial charge is 0.402 e. The molecule has 0 amide bonds. The maximum atomic E-state index is 12.2. The molecule has 0 unspecified atom stereocenters. The highest BCUT2D eigenvalue weighted by Gasteiger charge is 2.37. The molecule has 0 N–H and O–H groups in total. The second-order valence-corrected chi connectivity index (χ2v) is 8.03. The SMILES string of the molecule is CN1/C(=C\C=C2\N=C(c3ccc(Br)cc3)OC2=O)C(C)(C)c2ccccc21. The Kier molecular flexibility index (Phi) is 4.27. The second kappa shape index (κ2) is 6.50. The molecule has 27 heavy (non-hydrogen) atoms. The second-order valence-electron chi connectivity index (χ2n) is 7.12. The summed E-state index contributed by atoms with van der Waals surface area (Å²) in [6.07, 6.45) is 3.71. The third-order valence-corrected chi connectivity index (χ3v) is 5.58. The quantitative estimate of drug-likeness (QED) is 0.507. The summed E-state index contributed by atoms with van der Waals surface area (Å²) in [4.78, 5) is 18.8. The fourth-order valence-electron chi connectivity index (χ4n) is 3.60. The number of hydrogen-bond acceptors (Lipinski definition) is 4. The van der Waals surface area contributed by atoms with Crippen LogP contribution in [-0.4, -0.2) is 18.9 Å². The minimum Gasteiger partial charge on any atom is -0.402 e. The first-order valence-corrected chi connectivity index (χ1v) is 9.50.